The van der Waals surface area contributed by atoms with Gasteiger partial charge in [0, 0.05) is 12.6 Å². The first-order valence-corrected chi connectivity index (χ1v) is 7.52. The second kappa shape index (κ2) is 7.46. The van der Waals surface area contributed by atoms with Gasteiger partial charge in [0.2, 0.25) is 0 Å². The summed E-state index contributed by atoms with van der Waals surface area (Å²) in [7, 11) is 0. The van der Waals surface area contributed by atoms with Crippen LogP contribution in [0.25, 0.3) is 0 Å². The molecule has 1 saturated heterocycles. The zero-order valence-corrected chi connectivity index (χ0v) is 13.0. The predicted octanol–water partition coefficient (Wildman–Crippen LogP) is 2.51. The van der Waals surface area contributed by atoms with Crippen molar-refractivity contribution in [3.63, 3.8) is 0 Å². The Morgan fingerprint density at radius 3 is 2.39 bits per heavy atom. The molecule has 0 bridgehead atoms. The molecule has 1 rings (SSSR count). The molecule has 0 radical (unpaired) electrons. The molecule has 1 fully saturated rings. The predicted molar refractivity (Wildman–Crippen MR) is 78.0 cm³/mol. The van der Waals surface area contributed by atoms with Gasteiger partial charge < -0.3 is 15.0 Å². The van der Waals surface area contributed by atoms with Crippen LogP contribution in [0.4, 0.5) is 0 Å². The van der Waals surface area contributed by atoms with E-state index in [2.05, 4.69) is 44.8 Å². The lowest BCUT2D eigenvalue weighted by atomic mass is 9.90. The van der Waals surface area contributed by atoms with Crippen LogP contribution < -0.4 is 5.32 Å². The monoisotopic (exact) mass is 256 g/mol. The molecule has 0 spiro atoms. The van der Waals surface area contributed by atoms with Crippen LogP contribution in [-0.4, -0.2) is 49.3 Å². The number of hydrogen-bond donors (Lipinski definition) is 1. The summed E-state index contributed by atoms with van der Waals surface area (Å²) < 4.78 is 5.79. The first kappa shape index (κ1) is 15.9. The number of rotatable bonds is 6. The van der Waals surface area contributed by atoms with E-state index in [4.69, 9.17) is 4.74 Å². The van der Waals surface area contributed by atoms with Gasteiger partial charge in [0.1, 0.15) is 0 Å². The summed E-state index contributed by atoms with van der Waals surface area (Å²) in [5.41, 5.74) is -0.00210. The third kappa shape index (κ3) is 6.17. The largest absolute Gasteiger partial charge is 0.375 e. The van der Waals surface area contributed by atoms with Gasteiger partial charge in [-0.3, -0.25) is 0 Å². The highest BCUT2D eigenvalue weighted by molar-refractivity contribution is 4.79. The number of piperidine rings is 1. The molecular weight excluding hydrogens is 224 g/mol. The summed E-state index contributed by atoms with van der Waals surface area (Å²) in [6.45, 7) is 16.4. The Labute approximate surface area is 113 Å². The van der Waals surface area contributed by atoms with Gasteiger partial charge in [-0.1, -0.05) is 6.92 Å². The molecule has 1 unspecified atom stereocenters. The lowest BCUT2D eigenvalue weighted by Gasteiger charge is -2.35. The van der Waals surface area contributed by atoms with Gasteiger partial charge in [-0.2, -0.15) is 0 Å². The highest BCUT2D eigenvalue weighted by atomic mass is 16.5. The molecule has 0 aliphatic carbocycles. The van der Waals surface area contributed by atoms with Gasteiger partial charge in [0.15, 0.2) is 0 Å². The maximum atomic E-state index is 5.79. The van der Waals surface area contributed by atoms with Crippen LogP contribution in [0.15, 0.2) is 0 Å². The number of ether oxygens (including phenoxy) is 1. The van der Waals surface area contributed by atoms with Crippen molar-refractivity contribution in [3.8, 4) is 0 Å². The number of nitrogens with zero attached hydrogens (tertiary/aromatic N) is 1. The molecule has 3 nitrogen and oxygen atoms in total. The third-order valence-electron chi connectivity index (χ3n) is 3.81. The number of nitrogens with one attached hydrogen (secondary N) is 1. The quantitative estimate of drug-likeness (QED) is 0.790. The lowest BCUT2D eigenvalue weighted by Crippen LogP contribution is -2.43. The second-order valence-corrected chi connectivity index (χ2v) is 6.49. The summed E-state index contributed by atoms with van der Waals surface area (Å²) in [6.07, 6.45) is 2.65. The average Bonchev–Trinajstić information content (AvgIpc) is 2.28. The van der Waals surface area contributed by atoms with Crippen molar-refractivity contribution in [1.29, 1.82) is 0 Å². The van der Waals surface area contributed by atoms with Crippen LogP contribution in [0.1, 0.15) is 47.5 Å². The number of hydrogen-bond acceptors (Lipinski definition) is 3. The minimum atomic E-state index is -0.00210. The van der Waals surface area contributed by atoms with E-state index in [1.165, 1.54) is 25.9 Å². The van der Waals surface area contributed by atoms with E-state index in [9.17, 15) is 0 Å². The minimum Gasteiger partial charge on any atom is -0.375 e. The smallest absolute Gasteiger partial charge is 0.0600 e. The molecule has 3 heteroatoms. The third-order valence-corrected chi connectivity index (χ3v) is 3.81. The fourth-order valence-corrected chi connectivity index (χ4v) is 2.65. The average molecular weight is 256 g/mol. The Hall–Kier alpha value is -0.120. The fraction of sp³-hybridized carbons (Fsp3) is 1.00. The number of likely N-dealkylation sites (tertiary alicyclic amines) is 1. The van der Waals surface area contributed by atoms with E-state index in [0.29, 0.717) is 6.04 Å². The molecule has 0 aromatic rings. The standard InChI is InChI=1S/C15H32N2O/c1-6-16-13(2)14-7-9-17(10-8-14)11-12-18-15(3,4)5/h13-14,16H,6-12H2,1-5H3. The van der Waals surface area contributed by atoms with E-state index in [1.807, 2.05) is 0 Å². The van der Waals surface area contributed by atoms with Crippen molar-refractivity contribution in [1.82, 2.24) is 10.2 Å². The molecule has 1 N–H and O–H groups in total. The van der Waals surface area contributed by atoms with E-state index in [1.54, 1.807) is 0 Å². The van der Waals surface area contributed by atoms with E-state index in [-0.39, 0.29) is 5.60 Å². The fourth-order valence-electron chi connectivity index (χ4n) is 2.65. The molecular formula is C15H32N2O. The summed E-state index contributed by atoms with van der Waals surface area (Å²) in [5, 5.41) is 3.55. The second-order valence-electron chi connectivity index (χ2n) is 6.49. The van der Waals surface area contributed by atoms with Gasteiger partial charge in [0.05, 0.1) is 12.2 Å². The van der Waals surface area contributed by atoms with Crippen molar-refractivity contribution in [2.24, 2.45) is 5.92 Å². The SMILES string of the molecule is CCNC(C)C1CCN(CCOC(C)(C)C)CC1. The van der Waals surface area contributed by atoms with Gasteiger partial charge in [-0.05, 0) is 66.1 Å². The van der Waals surface area contributed by atoms with Crippen molar-refractivity contribution < 1.29 is 4.74 Å². The van der Waals surface area contributed by atoms with Crippen LogP contribution in [0, 0.1) is 5.92 Å². The van der Waals surface area contributed by atoms with Crippen LogP contribution in [0.5, 0.6) is 0 Å². The molecule has 0 saturated carbocycles. The summed E-state index contributed by atoms with van der Waals surface area (Å²) >= 11 is 0. The zero-order valence-electron chi connectivity index (χ0n) is 13.0. The zero-order chi connectivity index (χ0) is 13.6. The first-order valence-electron chi connectivity index (χ1n) is 7.52. The molecule has 18 heavy (non-hydrogen) atoms. The molecule has 1 heterocycles. The van der Waals surface area contributed by atoms with Gasteiger partial charge in [-0.15, -0.1) is 0 Å². The lowest BCUT2D eigenvalue weighted by molar-refractivity contribution is -0.0166. The maximum absolute atomic E-state index is 5.79. The van der Waals surface area contributed by atoms with Gasteiger partial charge in [-0.25, -0.2) is 0 Å². The topological polar surface area (TPSA) is 24.5 Å². The van der Waals surface area contributed by atoms with E-state index in [0.717, 1.165) is 25.6 Å². The molecule has 108 valence electrons. The van der Waals surface area contributed by atoms with E-state index >= 15 is 0 Å². The van der Waals surface area contributed by atoms with Crippen molar-refractivity contribution in [2.75, 3.05) is 32.8 Å². The van der Waals surface area contributed by atoms with Gasteiger partial charge >= 0.3 is 0 Å². The Bertz CT molecular complexity index is 217. The van der Waals surface area contributed by atoms with Crippen LogP contribution in [-0.2, 0) is 4.74 Å². The molecule has 0 aromatic carbocycles. The Morgan fingerprint density at radius 1 is 1.28 bits per heavy atom. The van der Waals surface area contributed by atoms with Crippen LogP contribution >= 0.6 is 0 Å². The summed E-state index contributed by atoms with van der Waals surface area (Å²) in [5.74, 6) is 0.852. The van der Waals surface area contributed by atoms with Crippen LogP contribution in [0.2, 0.25) is 0 Å². The molecule has 0 aromatic heterocycles. The highest BCUT2D eigenvalue weighted by Crippen LogP contribution is 2.20. The first-order chi connectivity index (χ1) is 8.42. The minimum absolute atomic E-state index is 0.00210. The molecule has 1 atom stereocenters. The van der Waals surface area contributed by atoms with Crippen molar-refractivity contribution >= 4 is 0 Å². The Morgan fingerprint density at radius 2 is 1.89 bits per heavy atom. The summed E-state index contributed by atoms with van der Waals surface area (Å²) in [4.78, 5) is 2.54. The summed E-state index contributed by atoms with van der Waals surface area (Å²) in [6, 6.07) is 0.669. The van der Waals surface area contributed by atoms with Gasteiger partial charge in [0.25, 0.3) is 0 Å². The maximum Gasteiger partial charge on any atom is 0.0600 e. The Kier molecular flexibility index (Phi) is 6.61. The Balaban J connectivity index is 2.15. The van der Waals surface area contributed by atoms with E-state index < -0.39 is 0 Å². The molecule has 0 amide bonds. The van der Waals surface area contributed by atoms with Crippen LogP contribution in [0.3, 0.4) is 0 Å². The molecule has 1 aliphatic rings. The van der Waals surface area contributed by atoms with Crippen molar-refractivity contribution in [2.45, 2.75) is 59.1 Å². The normalized spacial score (nSPS) is 21.2. The van der Waals surface area contributed by atoms with Crippen molar-refractivity contribution in [3.05, 3.63) is 0 Å². The highest BCUT2D eigenvalue weighted by Gasteiger charge is 2.23. The molecule has 1 aliphatic heterocycles.